The van der Waals surface area contributed by atoms with E-state index >= 15 is 0 Å². The summed E-state index contributed by atoms with van der Waals surface area (Å²) in [5.74, 6) is 0.0180. The molecule has 0 radical (unpaired) electrons. The molecule has 0 heterocycles. The molecule has 1 aromatic carbocycles. The van der Waals surface area contributed by atoms with Crippen LogP contribution in [0.25, 0.3) is 0 Å². The van der Waals surface area contributed by atoms with Gasteiger partial charge in [-0.2, -0.15) is 0 Å². The van der Waals surface area contributed by atoms with Crippen LogP contribution in [0.15, 0.2) is 18.2 Å². The third-order valence-corrected chi connectivity index (χ3v) is 1.53. The predicted octanol–water partition coefficient (Wildman–Crippen LogP) is 2.43. The SMILES string of the molecule is CC.CC.COc1ccc(N)c(C(N)=O)c1. The lowest BCUT2D eigenvalue weighted by atomic mass is 10.1. The van der Waals surface area contributed by atoms with Crippen molar-refractivity contribution in [2.75, 3.05) is 12.8 Å². The first-order chi connectivity index (χ1) is 7.65. The number of primary amides is 1. The molecule has 1 amide bonds. The van der Waals surface area contributed by atoms with Crippen molar-refractivity contribution < 1.29 is 9.53 Å². The Morgan fingerprint density at radius 3 is 2.06 bits per heavy atom. The molecule has 16 heavy (non-hydrogen) atoms. The zero-order chi connectivity index (χ0) is 13.1. The van der Waals surface area contributed by atoms with Gasteiger partial charge in [0.15, 0.2) is 0 Å². The fraction of sp³-hybridized carbons (Fsp3) is 0.417. The molecule has 0 aliphatic rings. The number of nitrogen functional groups attached to an aromatic ring is 1. The maximum atomic E-state index is 10.8. The van der Waals surface area contributed by atoms with Crippen LogP contribution in [0.1, 0.15) is 38.1 Å². The van der Waals surface area contributed by atoms with Crippen molar-refractivity contribution in [2.24, 2.45) is 5.73 Å². The van der Waals surface area contributed by atoms with Crippen molar-refractivity contribution in [1.82, 2.24) is 0 Å². The van der Waals surface area contributed by atoms with E-state index < -0.39 is 5.91 Å². The quantitative estimate of drug-likeness (QED) is 0.760. The summed E-state index contributed by atoms with van der Waals surface area (Å²) in [6.07, 6.45) is 0. The highest BCUT2D eigenvalue weighted by Crippen LogP contribution is 2.18. The Kier molecular flexibility index (Phi) is 10.3. The minimum absolute atomic E-state index is 0.286. The van der Waals surface area contributed by atoms with Gasteiger partial charge in [0.25, 0.3) is 5.91 Å². The number of methoxy groups -OCH3 is 1. The van der Waals surface area contributed by atoms with Gasteiger partial charge in [0.05, 0.1) is 12.7 Å². The topological polar surface area (TPSA) is 78.3 Å². The molecule has 4 nitrogen and oxygen atoms in total. The second-order valence-electron chi connectivity index (χ2n) is 2.32. The molecule has 0 bridgehead atoms. The summed E-state index contributed by atoms with van der Waals surface area (Å²) in [5, 5.41) is 0. The number of carbonyl (C=O) groups excluding carboxylic acids is 1. The molecule has 0 aliphatic carbocycles. The predicted molar refractivity (Wildman–Crippen MR) is 68.6 cm³/mol. The fourth-order valence-corrected chi connectivity index (χ4v) is 0.876. The van der Waals surface area contributed by atoms with Gasteiger partial charge in [-0.3, -0.25) is 4.79 Å². The number of ether oxygens (including phenoxy) is 1. The van der Waals surface area contributed by atoms with Crippen molar-refractivity contribution in [1.29, 1.82) is 0 Å². The number of nitrogens with two attached hydrogens (primary N) is 2. The summed E-state index contributed by atoms with van der Waals surface area (Å²) in [5.41, 5.74) is 11.2. The number of anilines is 1. The van der Waals surface area contributed by atoms with Crippen LogP contribution in [0.4, 0.5) is 5.69 Å². The van der Waals surface area contributed by atoms with E-state index in [1.54, 1.807) is 12.1 Å². The van der Waals surface area contributed by atoms with Gasteiger partial charge in [-0.05, 0) is 18.2 Å². The van der Waals surface area contributed by atoms with Gasteiger partial charge < -0.3 is 16.2 Å². The summed E-state index contributed by atoms with van der Waals surface area (Å²) in [4.78, 5) is 10.8. The Bertz CT molecular complexity index is 312. The average molecular weight is 226 g/mol. The lowest BCUT2D eigenvalue weighted by molar-refractivity contribution is 0.100. The zero-order valence-electron chi connectivity index (χ0n) is 10.7. The molecule has 1 aromatic rings. The van der Waals surface area contributed by atoms with Crippen molar-refractivity contribution in [3.05, 3.63) is 23.8 Å². The van der Waals surface area contributed by atoms with Gasteiger partial charge in [-0.1, -0.05) is 27.7 Å². The molecule has 0 atom stereocenters. The monoisotopic (exact) mass is 226 g/mol. The van der Waals surface area contributed by atoms with E-state index in [2.05, 4.69) is 0 Å². The molecular formula is C12H22N2O2. The van der Waals surface area contributed by atoms with E-state index in [1.807, 2.05) is 27.7 Å². The van der Waals surface area contributed by atoms with Gasteiger partial charge >= 0.3 is 0 Å². The highest BCUT2D eigenvalue weighted by molar-refractivity contribution is 5.98. The molecule has 0 saturated heterocycles. The van der Waals surface area contributed by atoms with Gasteiger partial charge in [0.2, 0.25) is 0 Å². The Balaban J connectivity index is 0. The van der Waals surface area contributed by atoms with Gasteiger partial charge in [-0.25, -0.2) is 0 Å². The lowest BCUT2D eigenvalue weighted by Crippen LogP contribution is -2.13. The van der Waals surface area contributed by atoms with Gasteiger partial charge in [-0.15, -0.1) is 0 Å². The normalized spacial score (nSPS) is 7.81. The molecule has 0 unspecified atom stereocenters. The largest absolute Gasteiger partial charge is 0.497 e. The highest BCUT2D eigenvalue weighted by atomic mass is 16.5. The van der Waals surface area contributed by atoms with Gasteiger partial charge in [0, 0.05) is 5.69 Å². The molecule has 0 aliphatic heterocycles. The van der Waals surface area contributed by atoms with Crippen LogP contribution in [0.3, 0.4) is 0 Å². The Morgan fingerprint density at radius 2 is 1.69 bits per heavy atom. The van der Waals surface area contributed by atoms with Crippen LogP contribution in [0.2, 0.25) is 0 Å². The average Bonchev–Trinajstić information content (AvgIpc) is 2.34. The molecule has 92 valence electrons. The first kappa shape index (κ1) is 16.7. The van der Waals surface area contributed by atoms with E-state index in [0.29, 0.717) is 11.4 Å². The molecule has 4 heteroatoms. The van der Waals surface area contributed by atoms with E-state index in [4.69, 9.17) is 16.2 Å². The Labute approximate surface area is 97.6 Å². The van der Waals surface area contributed by atoms with Crippen molar-refractivity contribution >= 4 is 11.6 Å². The number of hydrogen-bond acceptors (Lipinski definition) is 3. The number of hydrogen-bond donors (Lipinski definition) is 2. The molecule has 0 saturated carbocycles. The second-order valence-corrected chi connectivity index (χ2v) is 2.32. The van der Waals surface area contributed by atoms with Crippen LogP contribution in [-0.2, 0) is 0 Å². The van der Waals surface area contributed by atoms with E-state index in [1.165, 1.54) is 13.2 Å². The number of rotatable bonds is 2. The van der Waals surface area contributed by atoms with Crippen LogP contribution >= 0.6 is 0 Å². The first-order valence-electron chi connectivity index (χ1n) is 5.38. The summed E-state index contributed by atoms with van der Waals surface area (Å²) in [7, 11) is 1.51. The van der Waals surface area contributed by atoms with E-state index in [0.717, 1.165) is 0 Å². The van der Waals surface area contributed by atoms with Gasteiger partial charge in [0.1, 0.15) is 5.75 Å². The molecule has 4 N–H and O–H groups in total. The van der Waals surface area contributed by atoms with E-state index in [-0.39, 0.29) is 5.56 Å². The van der Waals surface area contributed by atoms with Crippen LogP contribution < -0.4 is 16.2 Å². The van der Waals surface area contributed by atoms with Crippen molar-refractivity contribution in [2.45, 2.75) is 27.7 Å². The van der Waals surface area contributed by atoms with E-state index in [9.17, 15) is 4.79 Å². The third-order valence-electron chi connectivity index (χ3n) is 1.53. The van der Waals surface area contributed by atoms with Crippen molar-refractivity contribution in [3.8, 4) is 5.75 Å². The minimum atomic E-state index is -0.550. The van der Waals surface area contributed by atoms with Crippen LogP contribution in [0.5, 0.6) is 5.75 Å². The molecule has 0 fully saturated rings. The second kappa shape index (κ2) is 9.83. The fourth-order valence-electron chi connectivity index (χ4n) is 0.876. The third kappa shape index (κ3) is 5.24. The zero-order valence-corrected chi connectivity index (χ0v) is 10.7. The Hall–Kier alpha value is -1.71. The summed E-state index contributed by atoms with van der Waals surface area (Å²) in [6, 6.07) is 4.76. The summed E-state index contributed by atoms with van der Waals surface area (Å²) < 4.78 is 4.90. The number of benzene rings is 1. The van der Waals surface area contributed by atoms with Crippen LogP contribution in [-0.4, -0.2) is 13.0 Å². The summed E-state index contributed by atoms with van der Waals surface area (Å²) in [6.45, 7) is 8.00. The maximum Gasteiger partial charge on any atom is 0.250 e. The molecule has 1 rings (SSSR count). The molecular weight excluding hydrogens is 204 g/mol. The number of carbonyl (C=O) groups is 1. The molecule has 0 spiro atoms. The standard InChI is InChI=1S/C8H10N2O2.2C2H6/c1-12-5-2-3-7(9)6(4-5)8(10)11;2*1-2/h2-4H,9H2,1H3,(H2,10,11);2*1-2H3. The smallest absolute Gasteiger partial charge is 0.250 e. The number of amides is 1. The molecule has 0 aromatic heterocycles. The summed E-state index contributed by atoms with van der Waals surface area (Å²) >= 11 is 0. The Morgan fingerprint density at radius 1 is 1.19 bits per heavy atom. The highest BCUT2D eigenvalue weighted by Gasteiger charge is 2.05. The lowest BCUT2D eigenvalue weighted by Gasteiger charge is -2.03. The maximum absolute atomic E-state index is 10.8. The first-order valence-corrected chi connectivity index (χ1v) is 5.38. The van der Waals surface area contributed by atoms with Crippen molar-refractivity contribution in [3.63, 3.8) is 0 Å². The van der Waals surface area contributed by atoms with Crippen LogP contribution in [0, 0.1) is 0 Å². The minimum Gasteiger partial charge on any atom is -0.497 e.